The third kappa shape index (κ3) is 3.33. The second kappa shape index (κ2) is 8.61. The van der Waals surface area contributed by atoms with Crippen molar-refractivity contribution in [3.8, 4) is 0 Å². The number of ether oxygens (including phenoxy) is 1. The van der Waals surface area contributed by atoms with Crippen molar-refractivity contribution in [1.29, 1.82) is 0 Å². The van der Waals surface area contributed by atoms with Crippen molar-refractivity contribution in [1.82, 2.24) is 0 Å². The van der Waals surface area contributed by atoms with Gasteiger partial charge in [0.1, 0.15) is 6.17 Å². The smallest absolute Gasteiger partial charge is 0.313 e. The number of carbonyl (C=O) groups excluding carboxylic acids is 2. The lowest BCUT2D eigenvalue weighted by Crippen LogP contribution is -2.75. The van der Waals surface area contributed by atoms with E-state index in [9.17, 15) is 9.59 Å². The van der Waals surface area contributed by atoms with Gasteiger partial charge >= 0.3 is 5.97 Å². The molecule has 0 aromatic heterocycles. The molecule has 1 spiro atoms. The first kappa shape index (κ1) is 29.2. The summed E-state index contributed by atoms with van der Waals surface area (Å²) < 4.78 is 25.1. The van der Waals surface area contributed by atoms with Crippen molar-refractivity contribution < 1.29 is 18.7 Å². The second-order valence-electron chi connectivity index (χ2n) is 17.3. The molecule has 6 aliphatic rings. The molecule has 0 radical (unpaired) electrons. The van der Waals surface area contributed by atoms with Gasteiger partial charge in [0, 0.05) is 21.2 Å². The first-order valence-electron chi connectivity index (χ1n) is 16.4. The number of ketones is 1. The minimum atomic E-state index is -1.19. The molecule has 0 unspecified atom stereocenters. The van der Waals surface area contributed by atoms with Crippen molar-refractivity contribution in [3.63, 3.8) is 0 Å². The molecule has 1 aromatic carbocycles. The van der Waals surface area contributed by atoms with Crippen LogP contribution in [0.2, 0.25) is 0 Å². The zero-order valence-electron chi connectivity index (χ0n) is 26.5. The molecule has 6 fully saturated rings. The summed E-state index contributed by atoms with van der Waals surface area (Å²) in [7, 11) is 0. The topological polar surface area (TPSA) is 43.4 Å². The number of esters is 1. The molecule has 5 saturated carbocycles. The van der Waals surface area contributed by atoms with E-state index >= 15 is 4.39 Å². The summed E-state index contributed by atoms with van der Waals surface area (Å²) in [4.78, 5) is 27.9. The van der Waals surface area contributed by atoms with E-state index in [4.69, 9.17) is 4.74 Å². The predicted molar refractivity (Wildman–Crippen MR) is 167 cm³/mol. The Morgan fingerprint density at radius 3 is 2.36 bits per heavy atom. The van der Waals surface area contributed by atoms with E-state index in [-0.39, 0.29) is 45.8 Å². The first-order valence-corrected chi connectivity index (χ1v) is 17.1. The largest absolute Gasteiger partial charge is 0.455 e. The molecule has 1 aliphatic heterocycles. The van der Waals surface area contributed by atoms with Gasteiger partial charge in [-0.25, -0.2) is 4.39 Å². The van der Waals surface area contributed by atoms with Crippen LogP contribution in [0.25, 0.3) is 6.08 Å². The minimum Gasteiger partial charge on any atom is -0.455 e. The third-order valence-electron chi connectivity index (χ3n) is 14.8. The number of carbonyl (C=O) groups is 2. The van der Waals surface area contributed by atoms with Crippen LogP contribution in [0.1, 0.15) is 112 Å². The highest BCUT2D eigenvalue weighted by Crippen LogP contribution is 2.81. The van der Waals surface area contributed by atoms with Gasteiger partial charge in [-0.2, -0.15) is 0 Å². The molecule has 7 rings (SSSR count). The summed E-state index contributed by atoms with van der Waals surface area (Å²) in [6.45, 7) is 15.9. The lowest BCUT2D eigenvalue weighted by atomic mass is 9.30. The second-order valence-corrected chi connectivity index (χ2v) is 18.2. The molecular formula is C37H48BrFO3. The van der Waals surface area contributed by atoms with E-state index < -0.39 is 28.0 Å². The molecule has 228 valence electrons. The fourth-order valence-corrected chi connectivity index (χ4v) is 13.0. The van der Waals surface area contributed by atoms with Crippen LogP contribution in [0, 0.1) is 50.2 Å². The van der Waals surface area contributed by atoms with Crippen molar-refractivity contribution in [2.24, 2.45) is 50.2 Å². The van der Waals surface area contributed by atoms with Crippen molar-refractivity contribution >= 4 is 33.8 Å². The van der Waals surface area contributed by atoms with Gasteiger partial charge in [0.2, 0.25) is 0 Å². The van der Waals surface area contributed by atoms with E-state index in [0.29, 0.717) is 12.8 Å². The maximum atomic E-state index is 17.5. The summed E-state index contributed by atoms with van der Waals surface area (Å²) in [5.41, 5.74) is -1.01. The maximum absolute atomic E-state index is 17.5. The van der Waals surface area contributed by atoms with Gasteiger partial charge in [0.15, 0.2) is 11.4 Å². The van der Waals surface area contributed by atoms with Gasteiger partial charge in [-0.1, -0.05) is 76.5 Å². The number of rotatable bonds is 1. The Morgan fingerprint density at radius 2 is 1.64 bits per heavy atom. The average molecular weight is 640 g/mol. The van der Waals surface area contributed by atoms with Gasteiger partial charge < -0.3 is 4.74 Å². The van der Waals surface area contributed by atoms with E-state index in [1.807, 2.05) is 12.1 Å². The molecule has 5 heteroatoms. The zero-order valence-corrected chi connectivity index (χ0v) is 28.1. The molecule has 3 nitrogen and oxygen atoms in total. The van der Waals surface area contributed by atoms with Crippen LogP contribution in [0.5, 0.6) is 0 Å². The van der Waals surface area contributed by atoms with E-state index in [1.165, 1.54) is 0 Å². The highest BCUT2D eigenvalue weighted by Gasteiger charge is 2.84. The third-order valence-corrected chi connectivity index (χ3v) is 15.3. The normalized spacial score (nSPS) is 49.4. The number of hydrogen-bond acceptors (Lipinski definition) is 3. The molecule has 0 N–H and O–H groups in total. The van der Waals surface area contributed by atoms with Crippen LogP contribution < -0.4 is 0 Å². The number of fused-ring (bicyclic) bond motifs is 4. The van der Waals surface area contributed by atoms with Gasteiger partial charge in [0.25, 0.3) is 0 Å². The van der Waals surface area contributed by atoms with Gasteiger partial charge in [-0.15, -0.1) is 0 Å². The Balaban J connectivity index is 1.35. The Morgan fingerprint density at radius 1 is 0.929 bits per heavy atom. The van der Waals surface area contributed by atoms with Crippen molar-refractivity contribution in [2.75, 3.05) is 0 Å². The van der Waals surface area contributed by atoms with Crippen LogP contribution in [-0.4, -0.2) is 23.5 Å². The van der Waals surface area contributed by atoms with E-state index in [0.717, 1.165) is 60.6 Å². The summed E-state index contributed by atoms with van der Waals surface area (Å²) in [6, 6.07) is 8.12. The van der Waals surface area contributed by atoms with Crippen LogP contribution >= 0.6 is 15.9 Å². The lowest BCUT2D eigenvalue weighted by Gasteiger charge is -2.74. The number of hydrogen-bond donors (Lipinski definition) is 0. The van der Waals surface area contributed by atoms with Crippen LogP contribution in [0.3, 0.4) is 0 Å². The minimum absolute atomic E-state index is 0.0605. The number of allylic oxidation sites excluding steroid dienone is 1. The Kier molecular flexibility index (Phi) is 5.99. The molecule has 0 amide bonds. The number of benzene rings is 1. The molecule has 2 bridgehead atoms. The van der Waals surface area contributed by atoms with Gasteiger partial charge in [-0.05, 0) is 115 Å². The van der Waals surface area contributed by atoms with E-state index in [1.54, 1.807) is 0 Å². The highest BCUT2D eigenvalue weighted by atomic mass is 79.9. The van der Waals surface area contributed by atoms with Crippen LogP contribution in [0.15, 0.2) is 34.3 Å². The number of halogens is 2. The SMILES string of the molecule is CC1(C)CC[C@@]23CC[C@]4(C)[C@](OC2=O)([C@H](F)C[C@@H]2[C@@]5(C)C/C(=C\c6cccc(Br)c6)C(=O)C(C)(C)[C@@H]5CC[C@]24C)[C@@H]3C1. The highest BCUT2D eigenvalue weighted by molar-refractivity contribution is 9.10. The molecule has 9 atom stereocenters. The van der Waals surface area contributed by atoms with Crippen molar-refractivity contribution in [2.45, 2.75) is 118 Å². The quantitative estimate of drug-likeness (QED) is 0.227. The summed E-state index contributed by atoms with van der Waals surface area (Å²) >= 11 is 3.59. The molecule has 1 saturated heterocycles. The summed E-state index contributed by atoms with van der Waals surface area (Å²) in [5, 5.41) is 0. The molecule has 5 aliphatic carbocycles. The summed E-state index contributed by atoms with van der Waals surface area (Å²) in [6.07, 6.45) is 8.21. The molecule has 1 aromatic rings. The van der Waals surface area contributed by atoms with Gasteiger partial charge in [-0.3, -0.25) is 9.59 Å². The maximum Gasteiger partial charge on any atom is 0.313 e. The number of Topliss-reactive ketones (excluding diaryl/α,β-unsaturated/α-hetero) is 1. The fourth-order valence-electron chi connectivity index (χ4n) is 12.5. The molecule has 1 heterocycles. The average Bonchev–Trinajstić information content (AvgIpc) is 3.08. The van der Waals surface area contributed by atoms with E-state index in [2.05, 4.69) is 82.6 Å². The van der Waals surface area contributed by atoms with Crippen LogP contribution in [-0.2, 0) is 14.3 Å². The first-order chi connectivity index (χ1) is 19.5. The van der Waals surface area contributed by atoms with Gasteiger partial charge in [0.05, 0.1) is 5.41 Å². The molecular weight excluding hydrogens is 591 g/mol. The lowest BCUT2D eigenvalue weighted by molar-refractivity contribution is -0.299. The Bertz CT molecular complexity index is 1410. The molecule has 42 heavy (non-hydrogen) atoms. The predicted octanol–water partition coefficient (Wildman–Crippen LogP) is 9.52. The zero-order chi connectivity index (χ0) is 30.3. The Labute approximate surface area is 259 Å². The standard InChI is InChI=1S/C37H48BrFO3/c1-31(2)13-15-36-16-14-35(7)34(6)12-11-25-32(3,4)29(40)23(17-22-9-8-10-24(38)18-22)20-33(25,5)26(34)19-28(39)37(35,27(36)21-31)42-30(36)41/h8-10,17-18,25-28H,11-16,19-21H2,1-7H3/b23-17+/t25-,26+,27+,28+,33-,34+,35-,36-,37+/m0/s1. The van der Waals surface area contributed by atoms with Crippen molar-refractivity contribution in [3.05, 3.63) is 39.9 Å². The number of alkyl halides is 1. The fraction of sp³-hybridized carbons (Fsp3) is 0.730. The van der Waals surface area contributed by atoms with Crippen LogP contribution in [0.4, 0.5) is 4.39 Å². The Hall–Kier alpha value is -1.49. The summed E-state index contributed by atoms with van der Waals surface area (Å²) in [5.74, 6) is 0.341. The monoisotopic (exact) mass is 638 g/mol.